The molecule has 0 aliphatic heterocycles. The number of methoxy groups -OCH3 is 1. The van der Waals surface area contributed by atoms with Crippen molar-refractivity contribution in [3.63, 3.8) is 0 Å². The molecule has 3 aromatic rings. The third-order valence-electron chi connectivity index (χ3n) is 4.87. The van der Waals surface area contributed by atoms with Gasteiger partial charge in [-0.3, -0.25) is 14.2 Å². The van der Waals surface area contributed by atoms with Crippen LogP contribution < -0.4 is 5.56 Å². The van der Waals surface area contributed by atoms with E-state index in [0.717, 1.165) is 23.5 Å². The number of ether oxygens (including phenoxy) is 1. The Balaban J connectivity index is 1.91. The predicted molar refractivity (Wildman–Crippen MR) is 113 cm³/mol. The van der Waals surface area contributed by atoms with Crippen LogP contribution >= 0.6 is 11.8 Å². The molecule has 1 aromatic carbocycles. The number of ketones is 1. The Hall–Kier alpha value is -2.38. The zero-order valence-corrected chi connectivity index (χ0v) is 17.5. The highest BCUT2D eigenvalue weighted by Gasteiger charge is 2.17. The molecule has 3 rings (SSSR count). The van der Waals surface area contributed by atoms with Crippen LogP contribution in [0.4, 0.5) is 0 Å². The Morgan fingerprint density at radius 2 is 1.96 bits per heavy atom. The van der Waals surface area contributed by atoms with E-state index in [0.29, 0.717) is 29.2 Å². The second-order valence-electron chi connectivity index (χ2n) is 6.60. The number of rotatable bonds is 8. The summed E-state index contributed by atoms with van der Waals surface area (Å²) >= 11 is 1.30. The van der Waals surface area contributed by atoms with E-state index in [9.17, 15) is 9.59 Å². The lowest BCUT2D eigenvalue weighted by atomic mass is 10.2. The van der Waals surface area contributed by atoms with Crippen molar-refractivity contribution in [2.24, 2.45) is 0 Å². The lowest BCUT2D eigenvalue weighted by Crippen LogP contribution is -2.25. The van der Waals surface area contributed by atoms with Crippen LogP contribution in [0.15, 0.2) is 40.3 Å². The second kappa shape index (κ2) is 8.75. The Kier molecular flexibility index (Phi) is 6.36. The van der Waals surface area contributed by atoms with Crippen LogP contribution in [0.3, 0.4) is 0 Å². The monoisotopic (exact) mass is 399 g/mol. The fraction of sp³-hybridized carbons (Fsp3) is 0.381. The van der Waals surface area contributed by atoms with Gasteiger partial charge in [0.2, 0.25) is 0 Å². The van der Waals surface area contributed by atoms with Crippen LogP contribution in [0.2, 0.25) is 0 Å². The number of Topliss-reactive ketones (excluding diaryl/α,β-unsaturated/α-hetero) is 1. The van der Waals surface area contributed by atoms with Gasteiger partial charge in [0.25, 0.3) is 5.56 Å². The molecule has 0 radical (unpaired) electrons. The number of thioether (sulfide) groups is 1. The summed E-state index contributed by atoms with van der Waals surface area (Å²) in [5, 5.41) is 1.11. The molecule has 0 N–H and O–H groups in total. The van der Waals surface area contributed by atoms with Gasteiger partial charge in [-0.15, -0.1) is 0 Å². The minimum absolute atomic E-state index is 0.0403. The third-order valence-corrected chi connectivity index (χ3v) is 5.84. The Bertz CT molecular complexity index is 1070. The van der Waals surface area contributed by atoms with Gasteiger partial charge in [-0.05, 0) is 39.0 Å². The molecular formula is C21H25N3O3S. The number of hydrogen-bond acceptors (Lipinski definition) is 5. The molecule has 0 atom stereocenters. The first-order valence-corrected chi connectivity index (χ1v) is 10.3. The topological polar surface area (TPSA) is 66.1 Å². The Morgan fingerprint density at radius 3 is 2.64 bits per heavy atom. The molecule has 2 aromatic heterocycles. The zero-order valence-electron chi connectivity index (χ0n) is 16.7. The molecule has 0 unspecified atom stereocenters. The summed E-state index contributed by atoms with van der Waals surface area (Å²) in [6.45, 7) is 7.68. The minimum Gasteiger partial charge on any atom is -0.383 e. The minimum atomic E-state index is -0.109. The molecule has 0 saturated carbocycles. The molecule has 0 spiro atoms. The highest BCUT2D eigenvalue weighted by Crippen LogP contribution is 2.22. The fourth-order valence-electron chi connectivity index (χ4n) is 3.42. The van der Waals surface area contributed by atoms with Crippen LogP contribution in [0.1, 0.15) is 28.7 Å². The average molecular weight is 400 g/mol. The predicted octanol–water partition coefficient (Wildman–Crippen LogP) is 3.46. The van der Waals surface area contributed by atoms with Gasteiger partial charge in [0.05, 0.1) is 29.8 Å². The van der Waals surface area contributed by atoms with Gasteiger partial charge in [0.15, 0.2) is 10.9 Å². The summed E-state index contributed by atoms with van der Waals surface area (Å²) in [5.74, 6) is 0.268. The van der Waals surface area contributed by atoms with E-state index < -0.39 is 0 Å². The molecule has 0 bridgehead atoms. The maximum absolute atomic E-state index is 12.9. The quantitative estimate of drug-likeness (QED) is 0.330. The molecule has 0 aliphatic carbocycles. The molecule has 7 heteroatoms. The van der Waals surface area contributed by atoms with Crippen LogP contribution in [0.5, 0.6) is 0 Å². The van der Waals surface area contributed by atoms with E-state index >= 15 is 0 Å². The van der Waals surface area contributed by atoms with Gasteiger partial charge >= 0.3 is 0 Å². The van der Waals surface area contributed by atoms with E-state index in [2.05, 4.69) is 16.5 Å². The summed E-state index contributed by atoms with van der Waals surface area (Å²) in [7, 11) is 1.60. The van der Waals surface area contributed by atoms with Crippen LogP contribution in [0, 0.1) is 13.8 Å². The second-order valence-corrected chi connectivity index (χ2v) is 7.54. The normalized spacial score (nSPS) is 11.3. The molecule has 0 fully saturated rings. The number of hydrogen-bond donors (Lipinski definition) is 0. The first-order valence-electron chi connectivity index (χ1n) is 9.29. The van der Waals surface area contributed by atoms with Crippen LogP contribution in [-0.2, 0) is 17.8 Å². The van der Waals surface area contributed by atoms with Crippen molar-refractivity contribution in [2.45, 2.75) is 39.0 Å². The van der Waals surface area contributed by atoms with E-state index in [4.69, 9.17) is 4.74 Å². The van der Waals surface area contributed by atoms with Crippen LogP contribution in [-0.4, -0.2) is 39.4 Å². The lowest BCUT2D eigenvalue weighted by Gasteiger charge is -2.12. The number of aromatic nitrogens is 3. The maximum Gasteiger partial charge on any atom is 0.262 e. The highest BCUT2D eigenvalue weighted by molar-refractivity contribution is 7.99. The number of aryl methyl sites for hydroxylation is 1. The molecule has 28 heavy (non-hydrogen) atoms. The van der Waals surface area contributed by atoms with Crippen molar-refractivity contribution in [1.82, 2.24) is 14.1 Å². The number of para-hydroxylation sites is 1. The van der Waals surface area contributed by atoms with Gasteiger partial charge in [-0.25, -0.2) is 4.98 Å². The van der Waals surface area contributed by atoms with Crippen molar-refractivity contribution in [3.05, 3.63) is 57.6 Å². The number of benzene rings is 1. The number of carbonyl (C=O) groups excluding carboxylic acids is 1. The third kappa shape index (κ3) is 3.91. The molecule has 0 aliphatic rings. The summed E-state index contributed by atoms with van der Waals surface area (Å²) in [4.78, 5) is 30.3. The number of nitrogens with zero attached hydrogens (tertiary/aromatic N) is 3. The van der Waals surface area contributed by atoms with Crippen molar-refractivity contribution in [1.29, 1.82) is 0 Å². The first-order chi connectivity index (χ1) is 13.5. The zero-order chi connectivity index (χ0) is 20.3. The van der Waals surface area contributed by atoms with E-state index in [1.807, 2.05) is 38.1 Å². The highest BCUT2D eigenvalue weighted by atomic mass is 32.2. The summed E-state index contributed by atoms with van der Waals surface area (Å²) in [6.07, 6.45) is 0. The largest absolute Gasteiger partial charge is 0.383 e. The van der Waals surface area contributed by atoms with Gasteiger partial charge in [0.1, 0.15) is 0 Å². The summed E-state index contributed by atoms with van der Waals surface area (Å²) in [5.41, 5.74) is 3.32. The van der Waals surface area contributed by atoms with Crippen molar-refractivity contribution < 1.29 is 9.53 Å². The lowest BCUT2D eigenvalue weighted by molar-refractivity contribution is 0.102. The van der Waals surface area contributed by atoms with E-state index in [-0.39, 0.29) is 17.1 Å². The van der Waals surface area contributed by atoms with Gasteiger partial charge < -0.3 is 9.30 Å². The van der Waals surface area contributed by atoms with Gasteiger partial charge in [-0.1, -0.05) is 23.9 Å². The fourth-order valence-corrected chi connectivity index (χ4v) is 4.32. The maximum atomic E-state index is 12.9. The first kappa shape index (κ1) is 20.4. The van der Waals surface area contributed by atoms with E-state index in [1.165, 1.54) is 11.8 Å². The van der Waals surface area contributed by atoms with E-state index in [1.54, 1.807) is 17.7 Å². The van der Waals surface area contributed by atoms with Gasteiger partial charge in [-0.2, -0.15) is 0 Å². The molecule has 0 amide bonds. The SMILES string of the molecule is CCn1c(C)cc(C(=O)CSc2nc3ccccc3c(=O)n2CCOC)c1C. The van der Waals surface area contributed by atoms with Gasteiger partial charge in [0, 0.05) is 30.6 Å². The standard InChI is InChI=1S/C21H25N3O3S/c1-5-23-14(2)12-17(15(23)3)19(25)13-28-21-22-18-9-7-6-8-16(18)20(26)24(21)10-11-27-4/h6-9,12H,5,10-11,13H2,1-4H3. The smallest absolute Gasteiger partial charge is 0.262 e. The van der Waals surface area contributed by atoms with Crippen molar-refractivity contribution in [2.75, 3.05) is 19.5 Å². The van der Waals surface area contributed by atoms with Crippen molar-refractivity contribution in [3.8, 4) is 0 Å². The summed E-state index contributed by atoms with van der Waals surface area (Å²) in [6, 6.07) is 9.21. The number of carbonyl (C=O) groups is 1. The Labute approximate surface area is 168 Å². The molecule has 0 saturated heterocycles. The van der Waals surface area contributed by atoms with Crippen LogP contribution in [0.25, 0.3) is 10.9 Å². The Morgan fingerprint density at radius 1 is 1.21 bits per heavy atom. The molecule has 2 heterocycles. The summed E-state index contributed by atoms with van der Waals surface area (Å²) < 4.78 is 8.86. The average Bonchev–Trinajstić information content (AvgIpc) is 2.99. The number of fused-ring (bicyclic) bond motifs is 1. The van der Waals surface area contributed by atoms with Crippen molar-refractivity contribution >= 4 is 28.4 Å². The molecule has 6 nitrogen and oxygen atoms in total. The molecule has 148 valence electrons. The molecular weight excluding hydrogens is 374 g/mol.